The van der Waals surface area contributed by atoms with Crippen molar-refractivity contribution in [1.82, 2.24) is 9.62 Å². The molecule has 1 atom stereocenters. The lowest BCUT2D eigenvalue weighted by molar-refractivity contribution is -0.126. The van der Waals surface area contributed by atoms with Crippen LogP contribution in [0.4, 0.5) is 0 Å². The van der Waals surface area contributed by atoms with Gasteiger partial charge in [-0.1, -0.05) is 23.7 Å². The average Bonchev–Trinajstić information content (AvgIpc) is 2.74. The molecule has 0 aromatic heterocycles. The average molecular weight is 451 g/mol. The Morgan fingerprint density at radius 2 is 1.93 bits per heavy atom. The van der Waals surface area contributed by atoms with E-state index >= 15 is 0 Å². The van der Waals surface area contributed by atoms with Gasteiger partial charge in [0.05, 0.1) is 17.4 Å². The lowest BCUT2D eigenvalue weighted by Crippen LogP contribution is -2.45. The van der Waals surface area contributed by atoms with Crippen LogP contribution in [0.25, 0.3) is 0 Å². The molecule has 0 spiro atoms. The van der Waals surface area contributed by atoms with Crippen molar-refractivity contribution in [2.75, 3.05) is 26.2 Å². The van der Waals surface area contributed by atoms with Gasteiger partial charge in [0, 0.05) is 18.1 Å². The molecule has 0 bridgehead atoms. The number of carbonyl (C=O) groups is 1. The van der Waals surface area contributed by atoms with Gasteiger partial charge in [-0.05, 0) is 68.1 Å². The van der Waals surface area contributed by atoms with Crippen LogP contribution in [0.15, 0.2) is 47.4 Å². The molecule has 1 aliphatic heterocycles. The zero-order chi connectivity index (χ0) is 21.7. The summed E-state index contributed by atoms with van der Waals surface area (Å²) >= 11 is 5.86. The van der Waals surface area contributed by atoms with Gasteiger partial charge < -0.3 is 10.1 Å². The largest absolute Gasteiger partial charge is 0.491 e. The highest BCUT2D eigenvalue weighted by Crippen LogP contribution is 2.25. The van der Waals surface area contributed by atoms with E-state index in [2.05, 4.69) is 5.32 Å². The van der Waals surface area contributed by atoms with Crippen LogP contribution in [-0.4, -0.2) is 44.9 Å². The van der Waals surface area contributed by atoms with Crippen molar-refractivity contribution < 1.29 is 17.9 Å². The number of nitrogens with one attached hydrogen (secondary N) is 1. The molecular formula is C22H27ClN2O4S. The van der Waals surface area contributed by atoms with Crippen molar-refractivity contribution >= 4 is 27.5 Å². The predicted octanol–water partition coefficient (Wildman–Crippen LogP) is 3.55. The van der Waals surface area contributed by atoms with Crippen LogP contribution in [0.3, 0.4) is 0 Å². The maximum absolute atomic E-state index is 12.9. The summed E-state index contributed by atoms with van der Waals surface area (Å²) in [6.07, 6.45) is 1.31. The fourth-order valence-electron chi connectivity index (χ4n) is 3.47. The van der Waals surface area contributed by atoms with Crippen LogP contribution in [0.2, 0.25) is 5.02 Å². The molecule has 0 radical (unpaired) electrons. The standard InChI is InChI=1S/C22H27ClN2O4S/c1-16-5-6-17(2)21(14-16)29-13-11-24-22(26)18-4-3-12-25(15-18)30(27,28)20-9-7-19(23)8-10-20/h5-10,14,18H,3-4,11-13,15H2,1-2H3,(H,24,26). The van der Waals surface area contributed by atoms with Crippen LogP contribution in [-0.2, 0) is 14.8 Å². The first-order valence-electron chi connectivity index (χ1n) is 10.0. The van der Waals surface area contributed by atoms with Gasteiger partial charge in [0.15, 0.2) is 0 Å². The van der Waals surface area contributed by atoms with Crippen molar-refractivity contribution in [2.45, 2.75) is 31.6 Å². The number of benzene rings is 2. The number of ether oxygens (including phenoxy) is 1. The number of amides is 1. The normalized spacial score (nSPS) is 17.5. The Hall–Kier alpha value is -2.09. The third kappa shape index (κ3) is 5.53. The summed E-state index contributed by atoms with van der Waals surface area (Å²) in [6, 6.07) is 12.1. The zero-order valence-electron chi connectivity index (χ0n) is 17.2. The van der Waals surface area contributed by atoms with E-state index in [-0.39, 0.29) is 23.3 Å². The summed E-state index contributed by atoms with van der Waals surface area (Å²) in [7, 11) is -3.65. The van der Waals surface area contributed by atoms with E-state index < -0.39 is 10.0 Å². The summed E-state index contributed by atoms with van der Waals surface area (Å²) in [6.45, 7) is 5.29. The van der Waals surface area contributed by atoms with Gasteiger partial charge >= 0.3 is 0 Å². The van der Waals surface area contributed by atoms with Gasteiger partial charge in [-0.2, -0.15) is 4.31 Å². The number of rotatable bonds is 7. The Labute approximate surface area is 183 Å². The molecule has 6 nitrogen and oxygen atoms in total. The van der Waals surface area contributed by atoms with Gasteiger partial charge in [-0.3, -0.25) is 4.79 Å². The molecule has 0 saturated carbocycles. The van der Waals surface area contributed by atoms with Gasteiger partial charge in [0.1, 0.15) is 12.4 Å². The Bertz CT molecular complexity index is 993. The van der Waals surface area contributed by atoms with Gasteiger partial charge in [0.25, 0.3) is 0 Å². The van der Waals surface area contributed by atoms with Crippen molar-refractivity contribution in [2.24, 2.45) is 5.92 Å². The van der Waals surface area contributed by atoms with E-state index in [4.69, 9.17) is 16.3 Å². The lowest BCUT2D eigenvalue weighted by Gasteiger charge is -2.31. The van der Waals surface area contributed by atoms with Crippen LogP contribution in [0.1, 0.15) is 24.0 Å². The monoisotopic (exact) mass is 450 g/mol. The maximum Gasteiger partial charge on any atom is 0.243 e. The minimum Gasteiger partial charge on any atom is -0.491 e. The second-order valence-electron chi connectivity index (χ2n) is 7.56. The SMILES string of the molecule is Cc1ccc(C)c(OCCNC(=O)C2CCCN(S(=O)(=O)c3ccc(Cl)cc3)C2)c1. The van der Waals surface area contributed by atoms with Crippen LogP contribution in [0, 0.1) is 19.8 Å². The summed E-state index contributed by atoms with van der Waals surface area (Å²) in [4.78, 5) is 12.8. The third-order valence-corrected chi connectivity index (χ3v) is 7.34. The topological polar surface area (TPSA) is 75.7 Å². The lowest BCUT2D eigenvalue weighted by atomic mass is 9.99. The molecule has 1 N–H and O–H groups in total. The summed E-state index contributed by atoms with van der Waals surface area (Å²) < 4.78 is 32.9. The summed E-state index contributed by atoms with van der Waals surface area (Å²) in [5.74, 6) is 0.291. The highest BCUT2D eigenvalue weighted by molar-refractivity contribution is 7.89. The van der Waals surface area contributed by atoms with E-state index in [9.17, 15) is 13.2 Å². The third-order valence-electron chi connectivity index (χ3n) is 5.21. The predicted molar refractivity (Wildman–Crippen MR) is 117 cm³/mol. The summed E-state index contributed by atoms with van der Waals surface area (Å²) in [5, 5.41) is 3.35. The molecule has 2 aromatic carbocycles. The van der Waals surface area contributed by atoms with Crippen LogP contribution in [0.5, 0.6) is 5.75 Å². The molecule has 1 heterocycles. The molecular weight excluding hydrogens is 424 g/mol. The Balaban J connectivity index is 1.52. The van der Waals surface area contributed by atoms with Crippen molar-refractivity contribution in [3.05, 3.63) is 58.6 Å². The Morgan fingerprint density at radius 3 is 2.67 bits per heavy atom. The number of hydrogen-bond acceptors (Lipinski definition) is 4. The van der Waals surface area contributed by atoms with Crippen molar-refractivity contribution in [3.63, 3.8) is 0 Å². The Morgan fingerprint density at radius 1 is 1.20 bits per heavy atom. The molecule has 1 saturated heterocycles. The first-order valence-corrected chi connectivity index (χ1v) is 11.8. The number of aryl methyl sites for hydroxylation is 2. The first kappa shape index (κ1) is 22.6. The molecule has 1 aliphatic rings. The fraction of sp³-hybridized carbons (Fsp3) is 0.409. The number of sulfonamides is 1. The number of halogens is 1. The van der Waals surface area contributed by atoms with E-state index in [0.717, 1.165) is 16.9 Å². The number of carbonyl (C=O) groups excluding carboxylic acids is 1. The van der Waals surface area contributed by atoms with Crippen LogP contribution >= 0.6 is 11.6 Å². The zero-order valence-corrected chi connectivity index (χ0v) is 18.8. The van der Waals surface area contributed by atoms with Gasteiger partial charge in [-0.25, -0.2) is 8.42 Å². The van der Waals surface area contributed by atoms with Crippen molar-refractivity contribution in [1.29, 1.82) is 0 Å². The Kier molecular flexibility index (Phi) is 7.39. The quantitative estimate of drug-likeness (QED) is 0.654. The smallest absolute Gasteiger partial charge is 0.243 e. The number of hydrogen-bond donors (Lipinski definition) is 1. The number of nitrogens with zero attached hydrogens (tertiary/aromatic N) is 1. The van der Waals surface area contributed by atoms with Crippen LogP contribution < -0.4 is 10.1 Å². The molecule has 3 rings (SSSR count). The minimum atomic E-state index is -3.65. The molecule has 1 fully saturated rings. The molecule has 8 heteroatoms. The van der Waals surface area contributed by atoms with Crippen molar-refractivity contribution in [3.8, 4) is 5.75 Å². The van der Waals surface area contributed by atoms with E-state index in [1.54, 1.807) is 12.1 Å². The van der Waals surface area contributed by atoms with Gasteiger partial charge in [0.2, 0.25) is 15.9 Å². The molecule has 1 unspecified atom stereocenters. The van der Waals surface area contributed by atoms with Gasteiger partial charge in [-0.15, -0.1) is 0 Å². The fourth-order valence-corrected chi connectivity index (χ4v) is 5.12. The minimum absolute atomic E-state index is 0.143. The number of piperidine rings is 1. The molecule has 30 heavy (non-hydrogen) atoms. The molecule has 162 valence electrons. The molecule has 0 aliphatic carbocycles. The first-order chi connectivity index (χ1) is 14.3. The highest BCUT2D eigenvalue weighted by Gasteiger charge is 2.33. The molecule has 1 amide bonds. The second-order valence-corrected chi connectivity index (χ2v) is 9.94. The van der Waals surface area contributed by atoms with E-state index in [0.29, 0.717) is 37.6 Å². The second kappa shape index (κ2) is 9.81. The van der Waals surface area contributed by atoms with E-state index in [1.807, 2.05) is 32.0 Å². The highest BCUT2D eigenvalue weighted by atomic mass is 35.5. The molecule has 2 aromatic rings. The van der Waals surface area contributed by atoms with E-state index in [1.165, 1.54) is 16.4 Å². The summed E-state index contributed by atoms with van der Waals surface area (Å²) in [5.41, 5.74) is 2.16. The maximum atomic E-state index is 12.9.